The van der Waals surface area contributed by atoms with E-state index in [1.54, 1.807) is 31.2 Å². The van der Waals surface area contributed by atoms with Crippen LogP contribution < -0.4 is 4.90 Å². The molecule has 1 aliphatic heterocycles. The van der Waals surface area contributed by atoms with Gasteiger partial charge in [0.25, 0.3) is 0 Å². The van der Waals surface area contributed by atoms with Gasteiger partial charge < -0.3 is 9.64 Å². The zero-order valence-electron chi connectivity index (χ0n) is 12.0. The molecular formula is C14H16ClNO5S. The van der Waals surface area contributed by atoms with Crippen LogP contribution in [0.5, 0.6) is 0 Å². The SMILES string of the molecule is CCOC(=O)c1cccc(N2CC(CS(=O)(=O)Cl)CC2=O)c1. The summed E-state index contributed by atoms with van der Waals surface area (Å²) >= 11 is 0. The van der Waals surface area contributed by atoms with Crippen molar-refractivity contribution < 1.29 is 22.7 Å². The lowest BCUT2D eigenvalue weighted by Gasteiger charge is -2.17. The zero-order chi connectivity index (χ0) is 16.3. The van der Waals surface area contributed by atoms with Gasteiger partial charge in [-0.1, -0.05) is 6.07 Å². The molecule has 22 heavy (non-hydrogen) atoms. The quantitative estimate of drug-likeness (QED) is 0.600. The molecule has 1 unspecified atom stereocenters. The molecule has 6 nitrogen and oxygen atoms in total. The molecule has 1 aromatic rings. The topological polar surface area (TPSA) is 80.8 Å². The summed E-state index contributed by atoms with van der Waals surface area (Å²) in [5.74, 6) is -1.24. The second-order valence-electron chi connectivity index (χ2n) is 5.05. The minimum absolute atomic E-state index is 0.121. The normalized spacial score (nSPS) is 18.5. The number of rotatable bonds is 5. The first kappa shape index (κ1) is 16.8. The van der Waals surface area contributed by atoms with Gasteiger partial charge in [-0.05, 0) is 25.1 Å². The molecule has 2 rings (SSSR count). The summed E-state index contributed by atoms with van der Waals surface area (Å²) in [6.07, 6.45) is 0.121. The summed E-state index contributed by atoms with van der Waals surface area (Å²) in [7, 11) is 1.59. The third kappa shape index (κ3) is 4.20. The molecule has 120 valence electrons. The molecule has 1 aromatic carbocycles. The molecule has 1 atom stereocenters. The van der Waals surface area contributed by atoms with Crippen molar-refractivity contribution in [3.63, 3.8) is 0 Å². The van der Waals surface area contributed by atoms with Crippen molar-refractivity contribution in [3.8, 4) is 0 Å². The molecule has 1 saturated heterocycles. The first-order valence-electron chi connectivity index (χ1n) is 6.80. The number of benzene rings is 1. The maximum Gasteiger partial charge on any atom is 0.338 e. The van der Waals surface area contributed by atoms with Crippen molar-refractivity contribution in [1.29, 1.82) is 0 Å². The Bertz CT molecular complexity index is 688. The van der Waals surface area contributed by atoms with Gasteiger partial charge in [-0.25, -0.2) is 13.2 Å². The lowest BCUT2D eigenvalue weighted by atomic mass is 10.1. The molecule has 0 aromatic heterocycles. The number of ether oxygens (including phenoxy) is 1. The maximum absolute atomic E-state index is 12.0. The third-order valence-corrected chi connectivity index (χ3v) is 4.56. The van der Waals surface area contributed by atoms with Gasteiger partial charge in [-0.15, -0.1) is 0 Å². The minimum atomic E-state index is -3.65. The van der Waals surface area contributed by atoms with E-state index in [0.717, 1.165) is 0 Å². The van der Waals surface area contributed by atoms with Crippen LogP contribution in [0.2, 0.25) is 0 Å². The van der Waals surface area contributed by atoms with Gasteiger partial charge in [0.1, 0.15) is 0 Å². The Kier molecular flexibility index (Phi) is 5.08. The molecule has 0 spiro atoms. The average molecular weight is 346 g/mol. The summed E-state index contributed by atoms with van der Waals surface area (Å²) in [6.45, 7) is 2.24. The van der Waals surface area contributed by atoms with Crippen LogP contribution in [0.15, 0.2) is 24.3 Å². The second kappa shape index (κ2) is 6.66. The molecule has 1 fully saturated rings. The fourth-order valence-corrected chi connectivity index (χ4v) is 3.76. The summed E-state index contributed by atoms with van der Waals surface area (Å²) < 4.78 is 27.2. The number of carbonyl (C=O) groups excluding carboxylic acids is 2. The number of amides is 1. The lowest BCUT2D eigenvalue weighted by Crippen LogP contribution is -2.25. The van der Waals surface area contributed by atoms with Crippen LogP contribution in [0.4, 0.5) is 5.69 Å². The highest BCUT2D eigenvalue weighted by Crippen LogP contribution is 2.27. The Balaban J connectivity index is 2.16. The molecule has 1 heterocycles. The molecule has 8 heteroatoms. The van der Waals surface area contributed by atoms with E-state index in [1.165, 1.54) is 4.90 Å². The first-order valence-corrected chi connectivity index (χ1v) is 9.28. The minimum Gasteiger partial charge on any atom is -0.462 e. The molecule has 0 N–H and O–H groups in total. The Morgan fingerprint density at radius 3 is 2.82 bits per heavy atom. The molecule has 0 saturated carbocycles. The summed E-state index contributed by atoms with van der Waals surface area (Å²) in [4.78, 5) is 25.2. The van der Waals surface area contributed by atoms with E-state index >= 15 is 0 Å². The third-order valence-electron chi connectivity index (χ3n) is 3.31. The number of nitrogens with zero attached hydrogens (tertiary/aromatic N) is 1. The Morgan fingerprint density at radius 2 is 2.18 bits per heavy atom. The predicted molar refractivity (Wildman–Crippen MR) is 82.5 cm³/mol. The van der Waals surface area contributed by atoms with Gasteiger partial charge >= 0.3 is 5.97 Å². The van der Waals surface area contributed by atoms with E-state index < -0.39 is 15.0 Å². The van der Waals surface area contributed by atoms with Crippen LogP contribution in [0.3, 0.4) is 0 Å². The van der Waals surface area contributed by atoms with Gasteiger partial charge in [0.15, 0.2) is 0 Å². The summed E-state index contributed by atoms with van der Waals surface area (Å²) in [6, 6.07) is 6.51. The van der Waals surface area contributed by atoms with Crippen molar-refractivity contribution in [2.75, 3.05) is 23.8 Å². The maximum atomic E-state index is 12.0. The summed E-state index contributed by atoms with van der Waals surface area (Å²) in [5, 5.41) is 0. The van der Waals surface area contributed by atoms with E-state index in [9.17, 15) is 18.0 Å². The van der Waals surface area contributed by atoms with E-state index in [1.807, 2.05) is 0 Å². The Hall–Kier alpha value is -1.60. The van der Waals surface area contributed by atoms with Crippen LogP contribution >= 0.6 is 10.7 Å². The van der Waals surface area contributed by atoms with Crippen molar-refractivity contribution >= 4 is 37.3 Å². The first-order chi connectivity index (χ1) is 10.3. The standard InChI is InChI=1S/C14H16ClNO5S/c1-2-21-14(18)11-4-3-5-12(7-11)16-8-10(6-13(16)17)9-22(15,19)20/h3-5,7,10H,2,6,8-9H2,1H3. The highest BCUT2D eigenvalue weighted by molar-refractivity contribution is 8.13. The van der Waals surface area contributed by atoms with Crippen LogP contribution in [0, 0.1) is 5.92 Å². The van der Waals surface area contributed by atoms with Gasteiger partial charge in [-0.2, -0.15) is 0 Å². The number of anilines is 1. The number of carbonyl (C=O) groups is 2. The Labute approximate surface area is 133 Å². The fraction of sp³-hybridized carbons (Fsp3) is 0.429. The monoisotopic (exact) mass is 345 g/mol. The Morgan fingerprint density at radius 1 is 1.45 bits per heavy atom. The smallest absolute Gasteiger partial charge is 0.338 e. The largest absolute Gasteiger partial charge is 0.462 e. The zero-order valence-corrected chi connectivity index (χ0v) is 13.6. The van der Waals surface area contributed by atoms with Crippen molar-refractivity contribution in [2.45, 2.75) is 13.3 Å². The van der Waals surface area contributed by atoms with Crippen LogP contribution in [-0.4, -0.2) is 39.2 Å². The van der Waals surface area contributed by atoms with Gasteiger partial charge in [0.2, 0.25) is 15.0 Å². The van der Waals surface area contributed by atoms with Crippen molar-refractivity contribution in [1.82, 2.24) is 0 Å². The van der Waals surface area contributed by atoms with Crippen molar-refractivity contribution in [3.05, 3.63) is 29.8 Å². The van der Waals surface area contributed by atoms with Crippen molar-refractivity contribution in [2.24, 2.45) is 5.92 Å². The highest BCUT2D eigenvalue weighted by Gasteiger charge is 2.33. The van der Waals surface area contributed by atoms with Crippen LogP contribution in [0.1, 0.15) is 23.7 Å². The molecule has 0 aliphatic carbocycles. The van der Waals surface area contributed by atoms with E-state index in [-0.39, 0.29) is 37.2 Å². The van der Waals surface area contributed by atoms with E-state index in [2.05, 4.69) is 0 Å². The number of hydrogen-bond acceptors (Lipinski definition) is 5. The molecule has 1 aliphatic rings. The molecule has 1 amide bonds. The van der Waals surface area contributed by atoms with E-state index in [4.69, 9.17) is 15.4 Å². The van der Waals surface area contributed by atoms with Crippen LogP contribution in [0.25, 0.3) is 0 Å². The van der Waals surface area contributed by atoms with Crippen LogP contribution in [-0.2, 0) is 18.6 Å². The molecule has 0 radical (unpaired) electrons. The number of esters is 1. The highest BCUT2D eigenvalue weighted by atomic mass is 35.7. The fourth-order valence-electron chi connectivity index (χ4n) is 2.44. The molecular weight excluding hydrogens is 330 g/mol. The molecule has 0 bridgehead atoms. The summed E-state index contributed by atoms with van der Waals surface area (Å²) in [5.41, 5.74) is 0.894. The lowest BCUT2D eigenvalue weighted by molar-refractivity contribution is -0.117. The van der Waals surface area contributed by atoms with Gasteiger partial charge in [0.05, 0.1) is 17.9 Å². The predicted octanol–water partition coefficient (Wildman–Crippen LogP) is 1.78. The number of halogens is 1. The second-order valence-corrected chi connectivity index (χ2v) is 7.87. The average Bonchev–Trinajstić information content (AvgIpc) is 2.77. The van der Waals surface area contributed by atoms with Gasteiger partial charge in [-0.3, -0.25) is 4.79 Å². The van der Waals surface area contributed by atoms with Gasteiger partial charge in [0, 0.05) is 35.3 Å². The van der Waals surface area contributed by atoms with E-state index in [0.29, 0.717) is 11.3 Å². The number of hydrogen-bond donors (Lipinski definition) is 0.